The second-order valence-electron chi connectivity index (χ2n) is 3.19. The molecule has 0 aliphatic carbocycles. The van der Waals surface area contributed by atoms with Crippen LogP contribution in [0.1, 0.15) is 12.5 Å². The molecule has 0 bridgehead atoms. The van der Waals surface area contributed by atoms with Gasteiger partial charge in [0.1, 0.15) is 5.75 Å². The lowest BCUT2D eigenvalue weighted by Gasteiger charge is -2.09. The van der Waals surface area contributed by atoms with E-state index < -0.39 is 10.0 Å². The molecule has 0 amide bonds. The van der Waals surface area contributed by atoms with Gasteiger partial charge in [-0.25, -0.2) is 8.42 Å². The van der Waals surface area contributed by atoms with Crippen molar-refractivity contribution in [3.8, 4) is 5.75 Å². The number of anilines is 1. The van der Waals surface area contributed by atoms with Crippen LogP contribution in [0, 0.1) is 6.92 Å². The zero-order valence-electron chi connectivity index (χ0n) is 9.07. The van der Waals surface area contributed by atoms with E-state index in [2.05, 4.69) is 4.72 Å². The van der Waals surface area contributed by atoms with Crippen LogP contribution in [0.4, 0.5) is 5.69 Å². The van der Waals surface area contributed by atoms with Crippen LogP contribution in [0.2, 0.25) is 0 Å². The summed E-state index contributed by atoms with van der Waals surface area (Å²) in [5.74, 6) is 0.812. The summed E-state index contributed by atoms with van der Waals surface area (Å²) < 4.78 is 30.1. The van der Waals surface area contributed by atoms with E-state index in [1.807, 2.05) is 6.92 Å². The molecular formula is C10H15NO3S. The highest BCUT2D eigenvalue weighted by Gasteiger charge is 2.07. The topological polar surface area (TPSA) is 55.4 Å². The van der Waals surface area contributed by atoms with Crippen molar-refractivity contribution < 1.29 is 13.2 Å². The van der Waals surface area contributed by atoms with Gasteiger partial charge in [0.05, 0.1) is 12.9 Å². The molecule has 0 unspecified atom stereocenters. The molecular weight excluding hydrogens is 214 g/mol. The van der Waals surface area contributed by atoms with E-state index in [9.17, 15) is 8.42 Å². The van der Waals surface area contributed by atoms with Crippen molar-refractivity contribution in [2.75, 3.05) is 17.6 Å². The molecule has 1 aromatic carbocycles. The minimum absolute atomic E-state index is 0.0675. The number of nitrogens with one attached hydrogen (secondary N) is 1. The Bertz CT molecular complexity index is 440. The molecule has 0 saturated carbocycles. The summed E-state index contributed by atoms with van der Waals surface area (Å²) in [6, 6.07) is 5.16. The Kier molecular flexibility index (Phi) is 3.57. The first kappa shape index (κ1) is 11.8. The van der Waals surface area contributed by atoms with Gasteiger partial charge in [0.15, 0.2) is 0 Å². The van der Waals surface area contributed by atoms with Crippen molar-refractivity contribution in [1.29, 1.82) is 0 Å². The van der Waals surface area contributed by atoms with Gasteiger partial charge in [-0.05, 0) is 37.6 Å². The van der Waals surface area contributed by atoms with Crippen molar-refractivity contribution in [3.05, 3.63) is 23.8 Å². The predicted octanol–water partition coefficient (Wildman–Crippen LogP) is 1.77. The highest BCUT2D eigenvalue weighted by atomic mass is 32.2. The average Bonchev–Trinajstić information content (AvgIpc) is 2.17. The summed E-state index contributed by atoms with van der Waals surface area (Å²) in [6.45, 7) is 3.46. The van der Waals surface area contributed by atoms with Crippen LogP contribution in [0.3, 0.4) is 0 Å². The molecule has 0 aliphatic rings. The quantitative estimate of drug-likeness (QED) is 0.856. The van der Waals surface area contributed by atoms with E-state index in [4.69, 9.17) is 4.74 Å². The molecule has 0 aromatic heterocycles. The Balaban J connectivity index is 2.94. The maximum absolute atomic E-state index is 11.3. The lowest BCUT2D eigenvalue weighted by Crippen LogP contribution is -2.14. The summed E-state index contributed by atoms with van der Waals surface area (Å²) in [5, 5.41) is 0. The molecule has 5 heteroatoms. The van der Waals surface area contributed by atoms with Crippen molar-refractivity contribution in [2.45, 2.75) is 13.8 Å². The third-order valence-electron chi connectivity index (χ3n) is 2.05. The third-order valence-corrected chi connectivity index (χ3v) is 3.36. The van der Waals surface area contributed by atoms with E-state index in [1.165, 1.54) is 0 Å². The minimum Gasteiger partial charge on any atom is -0.496 e. The van der Waals surface area contributed by atoms with Crippen molar-refractivity contribution in [2.24, 2.45) is 0 Å². The Labute approximate surface area is 90.3 Å². The molecule has 0 fully saturated rings. The van der Waals surface area contributed by atoms with E-state index in [-0.39, 0.29) is 5.75 Å². The van der Waals surface area contributed by atoms with Gasteiger partial charge in [0, 0.05) is 5.69 Å². The SMILES string of the molecule is CCS(=O)(=O)Nc1ccc(OC)c(C)c1. The van der Waals surface area contributed by atoms with Gasteiger partial charge in [0.2, 0.25) is 10.0 Å². The standard InChI is InChI=1S/C10H15NO3S/c1-4-15(12,13)11-9-5-6-10(14-3)8(2)7-9/h5-7,11H,4H2,1-3H3. The van der Waals surface area contributed by atoms with E-state index in [0.717, 1.165) is 11.3 Å². The van der Waals surface area contributed by atoms with Crippen LogP contribution in [0.15, 0.2) is 18.2 Å². The zero-order valence-corrected chi connectivity index (χ0v) is 9.89. The molecule has 0 spiro atoms. The van der Waals surface area contributed by atoms with Gasteiger partial charge in [-0.3, -0.25) is 4.72 Å². The van der Waals surface area contributed by atoms with Gasteiger partial charge in [0.25, 0.3) is 0 Å². The fourth-order valence-corrected chi connectivity index (χ4v) is 1.82. The number of hydrogen-bond acceptors (Lipinski definition) is 3. The van der Waals surface area contributed by atoms with Gasteiger partial charge >= 0.3 is 0 Å². The first-order valence-corrected chi connectivity index (χ1v) is 6.29. The maximum atomic E-state index is 11.3. The minimum atomic E-state index is -3.20. The molecule has 15 heavy (non-hydrogen) atoms. The average molecular weight is 229 g/mol. The second kappa shape index (κ2) is 4.53. The number of rotatable bonds is 4. The molecule has 1 aromatic rings. The van der Waals surface area contributed by atoms with E-state index in [0.29, 0.717) is 5.69 Å². The van der Waals surface area contributed by atoms with Crippen LogP contribution in [0.5, 0.6) is 5.75 Å². The molecule has 1 N–H and O–H groups in total. The Morgan fingerprint density at radius 3 is 2.53 bits per heavy atom. The third kappa shape index (κ3) is 3.13. The van der Waals surface area contributed by atoms with Crippen LogP contribution < -0.4 is 9.46 Å². The molecule has 84 valence electrons. The lowest BCUT2D eigenvalue weighted by atomic mass is 10.2. The molecule has 0 saturated heterocycles. The summed E-state index contributed by atoms with van der Waals surface area (Å²) in [5.41, 5.74) is 1.46. The Morgan fingerprint density at radius 1 is 1.40 bits per heavy atom. The van der Waals surface area contributed by atoms with Gasteiger partial charge in [-0.2, -0.15) is 0 Å². The van der Waals surface area contributed by atoms with Crippen LogP contribution >= 0.6 is 0 Å². The van der Waals surface area contributed by atoms with Gasteiger partial charge in [-0.1, -0.05) is 0 Å². The summed E-state index contributed by atoms with van der Waals surface area (Å²) in [4.78, 5) is 0. The zero-order chi connectivity index (χ0) is 11.5. The number of methoxy groups -OCH3 is 1. The summed E-state index contributed by atoms with van der Waals surface area (Å²) >= 11 is 0. The highest BCUT2D eigenvalue weighted by molar-refractivity contribution is 7.92. The first-order chi connectivity index (χ1) is 6.98. The van der Waals surface area contributed by atoms with Crippen molar-refractivity contribution >= 4 is 15.7 Å². The molecule has 0 radical (unpaired) electrons. The normalized spacial score (nSPS) is 11.1. The maximum Gasteiger partial charge on any atom is 0.232 e. The largest absolute Gasteiger partial charge is 0.496 e. The van der Waals surface area contributed by atoms with Crippen LogP contribution in [0.25, 0.3) is 0 Å². The van der Waals surface area contributed by atoms with Crippen LogP contribution in [-0.2, 0) is 10.0 Å². The summed E-state index contributed by atoms with van der Waals surface area (Å²) in [6.07, 6.45) is 0. The fraction of sp³-hybridized carbons (Fsp3) is 0.400. The molecule has 0 atom stereocenters. The van der Waals surface area contributed by atoms with E-state index >= 15 is 0 Å². The Hall–Kier alpha value is -1.23. The van der Waals surface area contributed by atoms with Gasteiger partial charge in [-0.15, -0.1) is 0 Å². The summed E-state index contributed by atoms with van der Waals surface area (Å²) in [7, 11) is -1.62. The monoisotopic (exact) mass is 229 g/mol. The van der Waals surface area contributed by atoms with Crippen molar-refractivity contribution in [1.82, 2.24) is 0 Å². The number of aryl methyl sites for hydroxylation is 1. The molecule has 0 heterocycles. The fourth-order valence-electron chi connectivity index (χ4n) is 1.19. The molecule has 0 aliphatic heterocycles. The van der Waals surface area contributed by atoms with Crippen molar-refractivity contribution in [3.63, 3.8) is 0 Å². The molecule has 4 nitrogen and oxygen atoms in total. The smallest absolute Gasteiger partial charge is 0.232 e. The van der Waals surface area contributed by atoms with Crippen LogP contribution in [-0.4, -0.2) is 21.3 Å². The predicted molar refractivity (Wildman–Crippen MR) is 60.8 cm³/mol. The number of hydrogen-bond donors (Lipinski definition) is 1. The van der Waals surface area contributed by atoms with Gasteiger partial charge < -0.3 is 4.74 Å². The molecule has 1 rings (SSSR count). The highest BCUT2D eigenvalue weighted by Crippen LogP contribution is 2.21. The number of ether oxygens (including phenoxy) is 1. The Morgan fingerprint density at radius 2 is 2.07 bits per heavy atom. The van der Waals surface area contributed by atoms with E-state index in [1.54, 1.807) is 32.2 Å². The lowest BCUT2D eigenvalue weighted by molar-refractivity contribution is 0.412. The number of benzene rings is 1. The number of sulfonamides is 1. The first-order valence-electron chi connectivity index (χ1n) is 4.63. The second-order valence-corrected chi connectivity index (χ2v) is 5.20.